The maximum atomic E-state index is 12.6. The molecule has 1 N–H and O–H groups in total. The van der Waals surface area contributed by atoms with Crippen LogP contribution in [0.4, 0.5) is 0 Å². The van der Waals surface area contributed by atoms with E-state index < -0.39 is 17.5 Å². The fraction of sp³-hybridized carbons (Fsp3) is 0.529. The number of likely N-dealkylation sites (tertiary alicyclic amines) is 1. The second kappa shape index (κ2) is 6.91. The molecule has 6 heteroatoms. The Labute approximate surface area is 144 Å². The lowest BCUT2D eigenvalue weighted by atomic mass is 9.76. The SMILES string of the molecule is CC(Oc1cccc(Br)c1)C(=O)N1CCC(C(=O)O)(C(C)C)C1. The van der Waals surface area contributed by atoms with E-state index in [4.69, 9.17) is 4.74 Å². The predicted octanol–water partition coefficient (Wildman–Crippen LogP) is 3.18. The molecule has 1 aromatic rings. The summed E-state index contributed by atoms with van der Waals surface area (Å²) in [5.41, 5.74) is -0.856. The Balaban J connectivity index is 2.05. The van der Waals surface area contributed by atoms with Gasteiger partial charge in [-0.1, -0.05) is 35.8 Å². The van der Waals surface area contributed by atoms with Crippen molar-refractivity contribution in [2.45, 2.75) is 33.3 Å². The lowest BCUT2D eigenvalue weighted by molar-refractivity contribution is -0.151. The number of hydrogen-bond acceptors (Lipinski definition) is 3. The molecule has 1 saturated heterocycles. The normalized spacial score (nSPS) is 22.2. The minimum atomic E-state index is -0.856. The van der Waals surface area contributed by atoms with Gasteiger partial charge in [0.15, 0.2) is 6.10 Å². The van der Waals surface area contributed by atoms with Crippen molar-refractivity contribution in [2.75, 3.05) is 13.1 Å². The monoisotopic (exact) mass is 383 g/mol. The zero-order chi connectivity index (χ0) is 17.2. The minimum Gasteiger partial charge on any atom is -0.481 e. The average molecular weight is 384 g/mol. The van der Waals surface area contributed by atoms with Crippen LogP contribution in [0.3, 0.4) is 0 Å². The molecule has 0 saturated carbocycles. The molecule has 1 fully saturated rings. The van der Waals surface area contributed by atoms with Crippen LogP contribution in [0.25, 0.3) is 0 Å². The Morgan fingerprint density at radius 3 is 2.57 bits per heavy atom. The number of halogens is 1. The standard InChI is InChI=1S/C17H22BrNO4/c1-11(2)17(16(21)22)7-8-19(10-17)15(20)12(3)23-14-6-4-5-13(18)9-14/h4-6,9,11-12H,7-8,10H2,1-3H3,(H,21,22). The highest BCUT2D eigenvalue weighted by molar-refractivity contribution is 9.10. The van der Waals surface area contributed by atoms with Gasteiger partial charge in [-0.2, -0.15) is 0 Å². The van der Waals surface area contributed by atoms with Crippen molar-refractivity contribution in [3.63, 3.8) is 0 Å². The van der Waals surface area contributed by atoms with Crippen LogP contribution >= 0.6 is 15.9 Å². The lowest BCUT2D eigenvalue weighted by Crippen LogP contribution is -2.44. The molecule has 5 nitrogen and oxygen atoms in total. The molecule has 1 aliphatic heterocycles. The van der Waals surface area contributed by atoms with Crippen molar-refractivity contribution in [2.24, 2.45) is 11.3 Å². The van der Waals surface area contributed by atoms with Crippen LogP contribution in [0.2, 0.25) is 0 Å². The first-order chi connectivity index (χ1) is 10.8. The second-order valence-electron chi connectivity index (χ2n) is 6.34. The molecule has 1 aromatic carbocycles. The fourth-order valence-electron chi connectivity index (χ4n) is 2.97. The zero-order valence-corrected chi connectivity index (χ0v) is 15.2. The van der Waals surface area contributed by atoms with Crippen molar-refractivity contribution in [1.29, 1.82) is 0 Å². The van der Waals surface area contributed by atoms with E-state index in [0.29, 0.717) is 18.7 Å². The van der Waals surface area contributed by atoms with E-state index in [1.54, 1.807) is 24.0 Å². The van der Waals surface area contributed by atoms with Crippen molar-refractivity contribution >= 4 is 27.8 Å². The molecule has 23 heavy (non-hydrogen) atoms. The van der Waals surface area contributed by atoms with Gasteiger partial charge in [0.05, 0.1) is 5.41 Å². The van der Waals surface area contributed by atoms with Crippen LogP contribution in [-0.2, 0) is 9.59 Å². The number of carboxylic acid groups (broad SMARTS) is 1. The quantitative estimate of drug-likeness (QED) is 0.847. The summed E-state index contributed by atoms with van der Waals surface area (Å²) in [6, 6.07) is 7.29. The molecule has 0 aromatic heterocycles. The summed E-state index contributed by atoms with van der Waals surface area (Å²) in [5.74, 6) is -0.427. The number of benzene rings is 1. The summed E-state index contributed by atoms with van der Waals surface area (Å²) in [5, 5.41) is 9.56. The van der Waals surface area contributed by atoms with Crippen molar-refractivity contribution in [3.05, 3.63) is 28.7 Å². The van der Waals surface area contributed by atoms with E-state index in [9.17, 15) is 14.7 Å². The van der Waals surface area contributed by atoms with Gasteiger partial charge in [0.1, 0.15) is 5.75 Å². The fourth-order valence-corrected chi connectivity index (χ4v) is 3.34. The number of ether oxygens (including phenoxy) is 1. The van der Waals surface area contributed by atoms with E-state index in [1.807, 2.05) is 26.0 Å². The number of carbonyl (C=O) groups excluding carboxylic acids is 1. The van der Waals surface area contributed by atoms with E-state index >= 15 is 0 Å². The Morgan fingerprint density at radius 1 is 1.35 bits per heavy atom. The molecule has 0 spiro atoms. The number of amides is 1. The minimum absolute atomic E-state index is 0.0286. The zero-order valence-electron chi connectivity index (χ0n) is 13.6. The Morgan fingerprint density at radius 2 is 2.04 bits per heavy atom. The Hall–Kier alpha value is -1.56. The molecule has 0 aliphatic carbocycles. The highest BCUT2D eigenvalue weighted by Gasteiger charge is 2.49. The molecule has 2 unspecified atom stereocenters. The van der Waals surface area contributed by atoms with Crippen molar-refractivity contribution < 1.29 is 19.4 Å². The van der Waals surface area contributed by atoms with Gasteiger partial charge >= 0.3 is 5.97 Å². The molecule has 0 bridgehead atoms. The van der Waals surface area contributed by atoms with Gasteiger partial charge < -0.3 is 14.7 Å². The summed E-state index contributed by atoms with van der Waals surface area (Å²) in [6.45, 7) is 6.17. The summed E-state index contributed by atoms with van der Waals surface area (Å²) in [6.07, 6.45) is -0.170. The number of rotatable bonds is 5. The third-order valence-corrected chi connectivity index (χ3v) is 5.09. The summed E-state index contributed by atoms with van der Waals surface area (Å²) in [7, 11) is 0. The van der Waals surface area contributed by atoms with E-state index in [-0.39, 0.29) is 18.4 Å². The Kier molecular flexibility index (Phi) is 5.34. The van der Waals surface area contributed by atoms with E-state index in [1.165, 1.54) is 0 Å². The van der Waals surface area contributed by atoms with Gasteiger partial charge in [0.25, 0.3) is 5.91 Å². The van der Waals surface area contributed by atoms with Crippen LogP contribution < -0.4 is 4.74 Å². The third kappa shape index (κ3) is 3.68. The molecule has 1 heterocycles. The first kappa shape index (κ1) is 17.8. The van der Waals surface area contributed by atoms with Gasteiger partial charge in [-0.15, -0.1) is 0 Å². The second-order valence-corrected chi connectivity index (χ2v) is 7.26. The van der Waals surface area contributed by atoms with Gasteiger partial charge in [-0.25, -0.2) is 0 Å². The summed E-state index contributed by atoms with van der Waals surface area (Å²) < 4.78 is 6.57. The highest BCUT2D eigenvalue weighted by atomic mass is 79.9. The van der Waals surface area contributed by atoms with Gasteiger partial charge in [-0.05, 0) is 37.5 Å². The van der Waals surface area contributed by atoms with Gasteiger partial charge in [-0.3, -0.25) is 9.59 Å². The number of carboxylic acids is 1. The molecule has 0 radical (unpaired) electrons. The van der Waals surface area contributed by atoms with E-state index in [2.05, 4.69) is 15.9 Å². The Bertz CT molecular complexity index is 604. The van der Waals surface area contributed by atoms with Crippen molar-refractivity contribution in [1.82, 2.24) is 4.90 Å². The number of aliphatic carboxylic acids is 1. The summed E-state index contributed by atoms with van der Waals surface area (Å²) >= 11 is 3.36. The maximum absolute atomic E-state index is 12.6. The van der Waals surface area contributed by atoms with Crippen LogP contribution in [0, 0.1) is 11.3 Å². The molecule has 2 atom stereocenters. The highest BCUT2D eigenvalue weighted by Crippen LogP contribution is 2.38. The van der Waals surface area contributed by atoms with Crippen LogP contribution in [0.1, 0.15) is 27.2 Å². The average Bonchev–Trinajstić information content (AvgIpc) is 2.93. The largest absolute Gasteiger partial charge is 0.481 e. The van der Waals surface area contributed by atoms with Crippen molar-refractivity contribution in [3.8, 4) is 5.75 Å². The van der Waals surface area contributed by atoms with Crippen LogP contribution in [0.15, 0.2) is 28.7 Å². The topological polar surface area (TPSA) is 66.8 Å². The number of carbonyl (C=O) groups is 2. The number of hydrogen-bond donors (Lipinski definition) is 1. The summed E-state index contributed by atoms with van der Waals surface area (Å²) in [4.78, 5) is 25.8. The predicted molar refractivity (Wildman–Crippen MR) is 90.3 cm³/mol. The van der Waals surface area contributed by atoms with Crippen LogP contribution in [-0.4, -0.2) is 41.1 Å². The lowest BCUT2D eigenvalue weighted by Gasteiger charge is -2.29. The maximum Gasteiger partial charge on any atom is 0.311 e. The molecule has 2 rings (SSSR count). The first-order valence-electron chi connectivity index (χ1n) is 7.70. The molecule has 126 valence electrons. The third-order valence-electron chi connectivity index (χ3n) is 4.60. The molecular formula is C17H22BrNO4. The van der Waals surface area contributed by atoms with Crippen LogP contribution in [0.5, 0.6) is 5.75 Å². The van der Waals surface area contributed by atoms with E-state index in [0.717, 1.165) is 4.47 Å². The first-order valence-corrected chi connectivity index (χ1v) is 8.50. The van der Waals surface area contributed by atoms with Gasteiger partial charge in [0.2, 0.25) is 0 Å². The van der Waals surface area contributed by atoms with Gasteiger partial charge in [0, 0.05) is 17.6 Å². The molecule has 1 amide bonds. The molecular weight excluding hydrogens is 362 g/mol. The smallest absolute Gasteiger partial charge is 0.311 e. The number of nitrogens with zero attached hydrogens (tertiary/aromatic N) is 1. The molecule has 1 aliphatic rings.